The monoisotopic (exact) mass is 282 g/mol. The quantitative estimate of drug-likeness (QED) is 0.781. The van der Waals surface area contributed by atoms with Gasteiger partial charge in [0.25, 0.3) is 0 Å². The van der Waals surface area contributed by atoms with E-state index in [1.54, 1.807) is 11.3 Å². The van der Waals surface area contributed by atoms with E-state index in [-0.39, 0.29) is 18.2 Å². The molecule has 0 spiro atoms. The molecule has 19 heavy (non-hydrogen) atoms. The number of rotatable bonds is 7. The van der Waals surface area contributed by atoms with Gasteiger partial charge in [0.1, 0.15) is 6.17 Å². The maximum atomic E-state index is 11.9. The zero-order chi connectivity index (χ0) is 13.7. The molecule has 1 atom stereocenters. The van der Waals surface area contributed by atoms with Gasteiger partial charge in [-0.05, 0) is 38.1 Å². The molecule has 0 radical (unpaired) electrons. The Bertz CT molecular complexity index is 392. The summed E-state index contributed by atoms with van der Waals surface area (Å²) in [6.07, 6.45) is 2.34. The maximum Gasteiger partial charge on any atom is 0.238 e. The highest BCUT2D eigenvalue weighted by Gasteiger charge is 2.31. The molecule has 1 N–H and O–H groups in total. The van der Waals surface area contributed by atoms with Gasteiger partial charge < -0.3 is 9.64 Å². The molecule has 1 amide bonds. The van der Waals surface area contributed by atoms with Crippen molar-refractivity contribution in [3.63, 3.8) is 0 Å². The summed E-state index contributed by atoms with van der Waals surface area (Å²) in [6.45, 7) is 6.11. The molecule has 5 heteroatoms. The van der Waals surface area contributed by atoms with Crippen molar-refractivity contribution in [2.75, 3.05) is 19.7 Å². The van der Waals surface area contributed by atoms with E-state index in [0.717, 1.165) is 26.0 Å². The first-order valence-corrected chi connectivity index (χ1v) is 7.74. The standard InChI is InChI=1S/C14H22N2O2S/c1-11(2)18-8-4-3-7-16-13(17)10-15-14(16)12-6-5-9-19-12/h5-6,9,11,14-15H,3-4,7-8,10H2,1-2H3. The van der Waals surface area contributed by atoms with Crippen LogP contribution in [0.4, 0.5) is 0 Å². The molecule has 1 unspecified atom stereocenters. The first-order valence-electron chi connectivity index (χ1n) is 6.86. The average molecular weight is 282 g/mol. The van der Waals surface area contributed by atoms with E-state index in [0.29, 0.717) is 6.54 Å². The van der Waals surface area contributed by atoms with Gasteiger partial charge in [-0.2, -0.15) is 0 Å². The van der Waals surface area contributed by atoms with Crippen molar-refractivity contribution in [2.45, 2.75) is 39.0 Å². The zero-order valence-corrected chi connectivity index (χ0v) is 12.4. The van der Waals surface area contributed by atoms with Crippen molar-refractivity contribution in [1.29, 1.82) is 0 Å². The van der Waals surface area contributed by atoms with E-state index in [9.17, 15) is 4.79 Å². The van der Waals surface area contributed by atoms with Crippen molar-refractivity contribution in [1.82, 2.24) is 10.2 Å². The minimum atomic E-state index is 0.0681. The number of nitrogens with zero attached hydrogens (tertiary/aromatic N) is 1. The number of amides is 1. The molecule has 1 aromatic heterocycles. The van der Waals surface area contributed by atoms with Crippen molar-refractivity contribution < 1.29 is 9.53 Å². The molecule has 106 valence electrons. The van der Waals surface area contributed by atoms with Crippen LogP contribution in [0.3, 0.4) is 0 Å². The molecule has 0 saturated carbocycles. The number of nitrogens with one attached hydrogen (secondary N) is 1. The number of hydrogen-bond donors (Lipinski definition) is 1. The van der Waals surface area contributed by atoms with Crippen LogP contribution in [0.2, 0.25) is 0 Å². The molecular formula is C14H22N2O2S. The first kappa shape index (κ1) is 14.5. The molecule has 4 nitrogen and oxygen atoms in total. The predicted octanol–water partition coefficient (Wildman–Crippen LogP) is 2.38. The molecule has 0 bridgehead atoms. The second-order valence-electron chi connectivity index (χ2n) is 5.01. The molecule has 2 rings (SSSR count). The minimum absolute atomic E-state index is 0.0681. The van der Waals surface area contributed by atoms with Crippen LogP contribution < -0.4 is 5.32 Å². The molecule has 1 aromatic rings. The molecule has 0 aromatic carbocycles. The van der Waals surface area contributed by atoms with Gasteiger partial charge in [0.05, 0.1) is 12.6 Å². The fourth-order valence-electron chi connectivity index (χ4n) is 2.20. The maximum absolute atomic E-state index is 11.9. The lowest BCUT2D eigenvalue weighted by Gasteiger charge is -2.23. The summed E-state index contributed by atoms with van der Waals surface area (Å²) >= 11 is 1.69. The summed E-state index contributed by atoms with van der Waals surface area (Å²) in [6, 6.07) is 4.11. The average Bonchev–Trinajstić information content (AvgIpc) is 2.98. The number of thiophene rings is 1. The van der Waals surface area contributed by atoms with E-state index in [4.69, 9.17) is 4.74 Å². The minimum Gasteiger partial charge on any atom is -0.379 e. The van der Waals surface area contributed by atoms with Crippen LogP contribution in [0.15, 0.2) is 17.5 Å². The van der Waals surface area contributed by atoms with E-state index >= 15 is 0 Å². The van der Waals surface area contributed by atoms with E-state index < -0.39 is 0 Å². The van der Waals surface area contributed by atoms with Crippen LogP contribution >= 0.6 is 11.3 Å². The Balaban J connectivity index is 1.78. The lowest BCUT2D eigenvalue weighted by atomic mass is 10.2. The van der Waals surface area contributed by atoms with Gasteiger partial charge in [-0.25, -0.2) is 0 Å². The smallest absolute Gasteiger partial charge is 0.238 e. The fourth-order valence-corrected chi connectivity index (χ4v) is 3.01. The second kappa shape index (κ2) is 7.03. The topological polar surface area (TPSA) is 41.6 Å². The fraction of sp³-hybridized carbons (Fsp3) is 0.643. The van der Waals surface area contributed by atoms with Gasteiger partial charge in [0.2, 0.25) is 5.91 Å². The third-order valence-corrected chi connectivity index (χ3v) is 4.06. The molecule has 1 saturated heterocycles. The number of hydrogen-bond acceptors (Lipinski definition) is 4. The van der Waals surface area contributed by atoms with E-state index in [1.807, 2.05) is 24.8 Å². The van der Waals surface area contributed by atoms with Gasteiger partial charge in [0, 0.05) is 18.0 Å². The third-order valence-electron chi connectivity index (χ3n) is 3.14. The van der Waals surface area contributed by atoms with Gasteiger partial charge in [0.15, 0.2) is 0 Å². The van der Waals surface area contributed by atoms with Crippen molar-refractivity contribution >= 4 is 17.2 Å². The Morgan fingerprint density at radius 1 is 1.53 bits per heavy atom. The summed E-state index contributed by atoms with van der Waals surface area (Å²) in [4.78, 5) is 15.0. The summed E-state index contributed by atoms with van der Waals surface area (Å²) in [5.41, 5.74) is 0. The summed E-state index contributed by atoms with van der Waals surface area (Å²) in [5.74, 6) is 0.197. The lowest BCUT2D eigenvalue weighted by molar-refractivity contribution is -0.128. The number of unbranched alkanes of at least 4 members (excludes halogenated alkanes) is 1. The van der Waals surface area contributed by atoms with E-state index in [2.05, 4.69) is 16.8 Å². The summed E-state index contributed by atoms with van der Waals surface area (Å²) in [7, 11) is 0. The van der Waals surface area contributed by atoms with Gasteiger partial charge in [-0.3, -0.25) is 10.1 Å². The van der Waals surface area contributed by atoms with Crippen LogP contribution in [0, 0.1) is 0 Å². The number of carbonyl (C=O) groups is 1. The highest BCUT2D eigenvalue weighted by atomic mass is 32.1. The first-order chi connectivity index (χ1) is 9.18. The summed E-state index contributed by atoms with van der Waals surface area (Å²) < 4.78 is 5.52. The molecule has 1 fully saturated rings. The number of ether oxygens (including phenoxy) is 1. The van der Waals surface area contributed by atoms with Crippen LogP contribution in [-0.2, 0) is 9.53 Å². The lowest BCUT2D eigenvalue weighted by Crippen LogP contribution is -2.30. The predicted molar refractivity (Wildman–Crippen MR) is 77.1 cm³/mol. The Hall–Kier alpha value is -0.910. The Kier molecular flexibility index (Phi) is 5.36. The molecule has 1 aliphatic rings. The number of carbonyl (C=O) groups excluding carboxylic acids is 1. The van der Waals surface area contributed by atoms with Crippen molar-refractivity contribution in [2.24, 2.45) is 0 Å². The second-order valence-corrected chi connectivity index (χ2v) is 5.99. The van der Waals surface area contributed by atoms with Crippen LogP contribution in [0.25, 0.3) is 0 Å². The SMILES string of the molecule is CC(C)OCCCCN1C(=O)CNC1c1cccs1. The van der Waals surface area contributed by atoms with E-state index in [1.165, 1.54) is 4.88 Å². The third kappa shape index (κ3) is 4.03. The molecule has 1 aliphatic heterocycles. The highest BCUT2D eigenvalue weighted by molar-refractivity contribution is 7.10. The Morgan fingerprint density at radius 2 is 2.37 bits per heavy atom. The highest BCUT2D eigenvalue weighted by Crippen LogP contribution is 2.26. The van der Waals surface area contributed by atoms with Gasteiger partial charge >= 0.3 is 0 Å². The van der Waals surface area contributed by atoms with Crippen molar-refractivity contribution in [3.8, 4) is 0 Å². The molecule has 0 aliphatic carbocycles. The summed E-state index contributed by atoms with van der Waals surface area (Å²) in [5, 5.41) is 5.32. The van der Waals surface area contributed by atoms with Gasteiger partial charge in [-0.15, -0.1) is 11.3 Å². The normalized spacial score (nSPS) is 19.6. The van der Waals surface area contributed by atoms with Crippen LogP contribution in [0.5, 0.6) is 0 Å². The molecule has 2 heterocycles. The Morgan fingerprint density at radius 3 is 3.05 bits per heavy atom. The van der Waals surface area contributed by atoms with Gasteiger partial charge in [-0.1, -0.05) is 6.07 Å². The zero-order valence-electron chi connectivity index (χ0n) is 11.6. The largest absolute Gasteiger partial charge is 0.379 e. The van der Waals surface area contributed by atoms with Crippen LogP contribution in [-0.4, -0.2) is 36.6 Å². The van der Waals surface area contributed by atoms with Crippen LogP contribution in [0.1, 0.15) is 37.7 Å². The Labute approximate surface area is 118 Å². The van der Waals surface area contributed by atoms with Crippen molar-refractivity contribution in [3.05, 3.63) is 22.4 Å². The molecular weight excluding hydrogens is 260 g/mol.